The van der Waals surface area contributed by atoms with Gasteiger partial charge in [0, 0.05) is 30.4 Å². The number of benzene rings is 2. The van der Waals surface area contributed by atoms with Gasteiger partial charge in [-0.3, -0.25) is 9.48 Å². The lowest BCUT2D eigenvalue weighted by Gasteiger charge is -2.11. The Labute approximate surface area is 185 Å². The summed E-state index contributed by atoms with van der Waals surface area (Å²) in [7, 11) is 0. The molecule has 32 heavy (non-hydrogen) atoms. The van der Waals surface area contributed by atoms with E-state index in [1.54, 1.807) is 23.3 Å². The second-order valence-corrected chi connectivity index (χ2v) is 7.26. The van der Waals surface area contributed by atoms with Crippen LogP contribution in [0.15, 0.2) is 104 Å². The first-order valence-corrected chi connectivity index (χ1v) is 10.2. The minimum Gasteiger partial charge on any atom is -0.321 e. The Bertz CT molecular complexity index is 1310. The van der Waals surface area contributed by atoms with Crippen LogP contribution in [0.3, 0.4) is 0 Å². The van der Waals surface area contributed by atoms with Gasteiger partial charge < -0.3 is 5.32 Å². The van der Waals surface area contributed by atoms with Gasteiger partial charge in [0.05, 0.1) is 18.4 Å². The van der Waals surface area contributed by atoms with Crippen molar-refractivity contribution in [3.63, 3.8) is 0 Å². The van der Waals surface area contributed by atoms with E-state index in [9.17, 15) is 4.79 Å². The Balaban J connectivity index is 1.34. The molecule has 0 unspecified atom stereocenters. The number of hydrogen-bond donors (Lipinski definition) is 1. The largest absolute Gasteiger partial charge is 0.321 e. The quantitative estimate of drug-likeness (QED) is 0.441. The summed E-state index contributed by atoms with van der Waals surface area (Å²) in [6.07, 6.45) is 8.84. The highest BCUT2D eigenvalue weighted by Gasteiger charge is 2.13. The van der Waals surface area contributed by atoms with Gasteiger partial charge >= 0.3 is 0 Å². The van der Waals surface area contributed by atoms with Crippen LogP contribution in [0.25, 0.3) is 16.9 Å². The number of carbonyl (C=O) groups is 1. The fourth-order valence-corrected chi connectivity index (χ4v) is 3.50. The first-order chi connectivity index (χ1) is 15.8. The molecule has 0 spiro atoms. The van der Waals surface area contributed by atoms with E-state index in [4.69, 9.17) is 0 Å². The van der Waals surface area contributed by atoms with Crippen molar-refractivity contribution in [1.29, 1.82) is 0 Å². The van der Waals surface area contributed by atoms with Gasteiger partial charge in [-0.1, -0.05) is 42.5 Å². The molecule has 7 nitrogen and oxygen atoms in total. The normalized spacial score (nSPS) is 10.8. The van der Waals surface area contributed by atoms with Gasteiger partial charge in [0.1, 0.15) is 0 Å². The number of amides is 1. The molecule has 0 saturated carbocycles. The number of rotatable bonds is 6. The van der Waals surface area contributed by atoms with Crippen LogP contribution in [-0.4, -0.2) is 30.5 Å². The molecule has 0 radical (unpaired) electrons. The average Bonchev–Trinajstić information content (AvgIpc) is 3.55. The van der Waals surface area contributed by atoms with Crippen molar-refractivity contribution in [3.05, 3.63) is 115 Å². The Morgan fingerprint density at radius 1 is 0.844 bits per heavy atom. The number of anilines is 1. The first-order valence-electron chi connectivity index (χ1n) is 10.2. The molecule has 3 aromatic heterocycles. The van der Waals surface area contributed by atoms with Gasteiger partial charge in [0.25, 0.3) is 5.91 Å². The molecule has 0 aliphatic carbocycles. The lowest BCUT2D eigenvalue weighted by molar-refractivity contribution is 0.102. The SMILES string of the molecule is O=C(Nc1ccc(-n2cccn2)nc1)c1ccccc1-c1ccc(Cn2cccn2)cc1. The number of nitrogens with zero attached hydrogens (tertiary/aromatic N) is 5. The molecule has 0 atom stereocenters. The Kier molecular flexibility index (Phi) is 5.28. The first kappa shape index (κ1) is 19.4. The molecule has 0 fully saturated rings. The number of aromatic nitrogens is 5. The summed E-state index contributed by atoms with van der Waals surface area (Å²) >= 11 is 0. The van der Waals surface area contributed by atoms with Crippen molar-refractivity contribution >= 4 is 11.6 Å². The van der Waals surface area contributed by atoms with Crippen LogP contribution < -0.4 is 5.32 Å². The van der Waals surface area contributed by atoms with Crippen LogP contribution >= 0.6 is 0 Å². The molecule has 3 heterocycles. The topological polar surface area (TPSA) is 77.6 Å². The monoisotopic (exact) mass is 420 g/mol. The summed E-state index contributed by atoms with van der Waals surface area (Å²) < 4.78 is 3.54. The fraction of sp³-hybridized carbons (Fsp3) is 0.0400. The zero-order chi connectivity index (χ0) is 21.8. The van der Waals surface area contributed by atoms with Crippen molar-refractivity contribution in [2.75, 3.05) is 5.32 Å². The molecule has 156 valence electrons. The zero-order valence-corrected chi connectivity index (χ0v) is 17.2. The van der Waals surface area contributed by atoms with Crippen LogP contribution in [0.5, 0.6) is 0 Å². The molecular weight excluding hydrogens is 400 g/mol. The third-order valence-corrected chi connectivity index (χ3v) is 5.09. The molecule has 2 aromatic carbocycles. The summed E-state index contributed by atoms with van der Waals surface area (Å²) in [5.41, 5.74) is 4.21. The Hall–Kier alpha value is -4.52. The second-order valence-electron chi connectivity index (χ2n) is 7.26. The molecule has 0 bridgehead atoms. The smallest absolute Gasteiger partial charge is 0.256 e. The zero-order valence-electron chi connectivity index (χ0n) is 17.2. The summed E-state index contributed by atoms with van der Waals surface area (Å²) in [5, 5.41) is 11.3. The van der Waals surface area contributed by atoms with Crippen molar-refractivity contribution < 1.29 is 4.79 Å². The molecule has 5 rings (SSSR count). The third-order valence-electron chi connectivity index (χ3n) is 5.09. The van der Waals surface area contributed by atoms with Crippen molar-refractivity contribution in [2.24, 2.45) is 0 Å². The molecule has 1 amide bonds. The van der Waals surface area contributed by atoms with E-state index >= 15 is 0 Å². The molecule has 1 N–H and O–H groups in total. The van der Waals surface area contributed by atoms with Crippen LogP contribution in [0, 0.1) is 0 Å². The van der Waals surface area contributed by atoms with E-state index in [2.05, 4.69) is 32.6 Å². The highest BCUT2D eigenvalue weighted by Crippen LogP contribution is 2.25. The minimum atomic E-state index is -0.185. The van der Waals surface area contributed by atoms with E-state index in [0.29, 0.717) is 23.6 Å². The van der Waals surface area contributed by atoms with Gasteiger partial charge in [-0.25, -0.2) is 9.67 Å². The maximum absolute atomic E-state index is 13.0. The lowest BCUT2D eigenvalue weighted by Crippen LogP contribution is -2.13. The van der Waals surface area contributed by atoms with Crippen LogP contribution in [0.1, 0.15) is 15.9 Å². The van der Waals surface area contributed by atoms with Gasteiger partial charge in [-0.2, -0.15) is 10.2 Å². The Morgan fingerprint density at radius 3 is 2.38 bits per heavy atom. The maximum atomic E-state index is 13.0. The molecular formula is C25H20N6O. The van der Waals surface area contributed by atoms with E-state index in [0.717, 1.165) is 16.7 Å². The highest BCUT2D eigenvalue weighted by atomic mass is 16.1. The van der Waals surface area contributed by atoms with Crippen molar-refractivity contribution in [3.8, 4) is 16.9 Å². The highest BCUT2D eigenvalue weighted by molar-refractivity contribution is 6.08. The van der Waals surface area contributed by atoms with Crippen LogP contribution in [0.2, 0.25) is 0 Å². The predicted molar refractivity (Wildman–Crippen MR) is 123 cm³/mol. The van der Waals surface area contributed by atoms with E-state index in [1.165, 1.54) is 0 Å². The summed E-state index contributed by atoms with van der Waals surface area (Å²) in [6, 6.07) is 23.1. The van der Waals surface area contributed by atoms with Crippen molar-refractivity contribution in [2.45, 2.75) is 6.54 Å². The number of pyridine rings is 1. The maximum Gasteiger partial charge on any atom is 0.256 e. The lowest BCUT2D eigenvalue weighted by atomic mass is 9.98. The summed E-state index contributed by atoms with van der Waals surface area (Å²) in [4.78, 5) is 17.4. The molecule has 0 aliphatic rings. The van der Waals surface area contributed by atoms with Gasteiger partial charge in [-0.05, 0) is 47.0 Å². The van der Waals surface area contributed by atoms with Gasteiger partial charge in [-0.15, -0.1) is 0 Å². The summed E-state index contributed by atoms with van der Waals surface area (Å²) in [6.45, 7) is 0.705. The average molecular weight is 420 g/mol. The van der Waals surface area contributed by atoms with Gasteiger partial charge in [0.15, 0.2) is 5.82 Å². The Morgan fingerprint density at radius 2 is 1.66 bits per heavy atom. The van der Waals surface area contributed by atoms with E-state index in [1.807, 2.05) is 77.7 Å². The minimum absolute atomic E-state index is 0.185. The molecule has 0 aliphatic heterocycles. The molecule has 0 saturated heterocycles. The molecule has 7 heteroatoms. The van der Waals surface area contributed by atoms with Gasteiger partial charge in [0.2, 0.25) is 0 Å². The third kappa shape index (κ3) is 4.17. The van der Waals surface area contributed by atoms with Crippen molar-refractivity contribution in [1.82, 2.24) is 24.5 Å². The number of nitrogens with one attached hydrogen (secondary N) is 1. The van der Waals surface area contributed by atoms with Crippen LogP contribution in [0.4, 0.5) is 5.69 Å². The number of carbonyl (C=O) groups excluding carboxylic acids is 1. The van der Waals surface area contributed by atoms with E-state index < -0.39 is 0 Å². The standard InChI is InChI=1S/C25H20N6O/c32-25(29-21-11-12-24(26-17-21)31-16-4-14-28-31)23-6-2-1-5-22(23)20-9-7-19(8-10-20)18-30-15-3-13-27-30/h1-17H,18H2,(H,29,32). The van der Waals surface area contributed by atoms with E-state index in [-0.39, 0.29) is 5.91 Å². The predicted octanol–water partition coefficient (Wildman–Crippen LogP) is 4.43. The molecule has 5 aromatic rings. The summed E-state index contributed by atoms with van der Waals surface area (Å²) in [5.74, 6) is 0.499. The van der Waals surface area contributed by atoms with Crippen LogP contribution in [-0.2, 0) is 6.54 Å². The second kappa shape index (κ2) is 8.69. The fourth-order valence-electron chi connectivity index (χ4n) is 3.50. The number of hydrogen-bond acceptors (Lipinski definition) is 4.